The molecule has 8 heteroatoms. The van der Waals surface area contributed by atoms with Gasteiger partial charge in [-0.3, -0.25) is 4.79 Å². The molecule has 174 valence electrons. The van der Waals surface area contributed by atoms with E-state index in [0.717, 1.165) is 33.3 Å². The molecule has 4 aromatic rings. The topological polar surface area (TPSA) is 82.8 Å². The van der Waals surface area contributed by atoms with Gasteiger partial charge in [0.15, 0.2) is 5.11 Å². The lowest BCUT2D eigenvalue weighted by atomic mass is 10.0. The van der Waals surface area contributed by atoms with E-state index in [-0.39, 0.29) is 11.0 Å². The van der Waals surface area contributed by atoms with Crippen LogP contribution in [-0.4, -0.2) is 29.9 Å². The molecule has 0 saturated carbocycles. The van der Waals surface area contributed by atoms with E-state index >= 15 is 0 Å². The fourth-order valence-corrected chi connectivity index (χ4v) is 4.57. The van der Waals surface area contributed by atoms with E-state index < -0.39 is 6.17 Å². The number of rotatable bonds is 3. The van der Waals surface area contributed by atoms with Crippen LogP contribution >= 0.6 is 23.8 Å². The van der Waals surface area contributed by atoms with Gasteiger partial charge < -0.3 is 21.3 Å². The van der Waals surface area contributed by atoms with Crippen molar-refractivity contribution in [2.75, 3.05) is 23.0 Å². The molecule has 0 fully saturated rings. The number of nitrogens with zero attached hydrogens (tertiary/aromatic N) is 2. The molecule has 1 unspecified atom stereocenters. The largest absolute Gasteiger partial charge is 0.398 e. The quantitative estimate of drug-likeness (QED) is 0.266. The summed E-state index contributed by atoms with van der Waals surface area (Å²) in [4.78, 5) is 19.8. The molecule has 0 bridgehead atoms. The third-order valence-corrected chi connectivity index (χ3v) is 6.37. The normalized spacial score (nSPS) is 15.3. The summed E-state index contributed by atoms with van der Waals surface area (Å²) in [6.45, 7) is 0. The van der Waals surface area contributed by atoms with Crippen molar-refractivity contribution in [2.24, 2.45) is 4.99 Å². The molecule has 0 spiro atoms. The number of carbonyl (C=O) groups excluding carboxylic acids is 1. The number of hydrogen-bond donors (Lipinski definition) is 3. The van der Waals surface area contributed by atoms with E-state index in [1.165, 1.54) is 0 Å². The average molecular weight is 500 g/mol. The van der Waals surface area contributed by atoms with Crippen LogP contribution in [0.15, 0.2) is 89.9 Å². The summed E-state index contributed by atoms with van der Waals surface area (Å²) in [5.41, 5.74) is 10.6. The molecule has 5 rings (SSSR count). The van der Waals surface area contributed by atoms with Crippen LogP contribution in [0.1, 0.15) is 11.1 Å². The lowest BCUT2D eigenvalue weighted by Crippen LogP contribution is -2.47. The van der Waals surface area contributed by atoms with Crippen molar-refractivity contribution in [3.8, 4) is 0 Å². The van der Waals surface area contributed by atoms with Gasteiger partial charge in [-0.25, -0.2) is 4.99 Å². The van der Waals surface area contributed by atoms with E-state index in [0.29, 0.717) is 16.4 Å². The molecular formula is C27H22ClN5OS. The SMILES string of the molecule is CN1C(=O)C(NC(=S)Nc2ccc(N)c3ccccc23)N=C(c2ccccc2)c2cc(Cl)ccc21. The molecular weight excluding hydrogens is 478 g/mol. The fourth-order valence-electron chi connectivity index (χ4n) is 4.18. The van der Waals surface area contributed by atoms with Gasteiger partial charge in [0.25, 0.3) is 5.91 Å². The number of aliphatic imine (C=N–C) groups is 1. The second-order valence-corrected chi connectivity index (χ2v) is 9.00. The Hall–Kier alpha value is -3.94. The van der Waals surface area contributed by atoms with E-state index in [4.69, 9.17) is 34.5 Å². The van der Waals surface area contributed by atoms with Crippen LogP contribution < -0.4 is 21.3 Å². The van der Waals surface area contributed by atoms with Gasteiger partial charge in [0, 0.05) is 45.3 Å². The van der Waals surface area contributed by atoms with E-state index in [1.54, 1.807) is 18.0 Å². The lowest BCUT2D eigenvalue weighted by Gasteiger charge is -2.22. The lowest BCUT2D eigenvalue weighted by molar-refractivity contribution is -0.119. The van der Waals surface area contributed by atoms with Gasteiger partial charge in [0.2, 0.25) is 6.17 Å². The molecule has 1 atom stereocenters. The number of anilines is 3. The monoisotopic (exact) mass is 499 g/mol. The zero-order valence-electron chi connectivity index (χ0n) is 18.8. The first-order chi connectivity index (χ1) is 16.9. The highest BCUT2D eigenvalue weighted by atomic mass is 35.5. The van der Waals surface area contributed by atoms with Crippen LogP contribution in [0.5, 0.6) is 0 Å². The van der Waals surface area contributed by atoms with Crippen molar-refractivity contribution >= 4 is 68.4 Å². The Labute approximate surface area is 213 Å². The Bertz CT molecular complexity index is 1490. The minimum absolute atomic E-state index is 0.245. The van der Waals surface area contributed by atoms with Crippen LogP contribution in [0.2, 0.25) is 5.02 Å². The summed E-state index contributed by atoms with van der Waals surface area (Å²) in [6.07, 6.45) is -0.943. The first-order valence-corrected chi connectivity index (χ1v) is 11.8. The molecule has 1 aliphatic heterocycles. The summed E-state index contributed by atoms with van der Waals surface area (Å²) in [7, 11) is 1.72. The number of amides is 1. The molecule has 0 aliphatic carbocycles. The van der Waals surface area contributed by atoms with Gasteiger partial charge in [-0.15, -0.1) is 0 Å². The molecule has 0 saturated heterocycles. The molecule has 4 N–H and O–H groups in total. The summed E-state index contributed by atoms with van der Waals surface area (Å²) >= 11 is 11.9. The van der Waals surface area contributed by atoms with E-state index in [2.05, 4.69) is 10.6 Å². The molecule has 1 heterocycles. The summed E-state index contributed by atoms with van der Waals surface area (Å²) < 4.78 is 0. The van der Waals surface area contributed by atoms with E-state index in [1.807, 2.05) is 78.9 Å². The number of fused-ring (bicyclic) bond motifs is 2. The van der Waals surface area contributed by atoms with E-state index in [9.17, 15) is 4.79 Å². The third kappa shape index (κ3) is 4.43. The second kappa shape index (κ2) is 9.37. The molecule has 0 radical (unpaired) electrons. The molecule has 6 nitrogen and oxygen atoms in total. The van der Waals surface area contributed by atoms with Gasteiger partial charge in [0.1, 0.15) is 0 Å². The van der Waals surface area contributed by atoms with Crippen LogP contribution in [0.25, 0.3) is 10.8 Å². The highest BCUT2D eigenvalue weighted by Gasteiger charge is 2.30. The highest BCUT2D eigenvalue weighted by molar-refractivity contribution is 7.80. The zero-order chi connectivity index (χ0) is 24.5. The average Bonchev–Trinajstić information content (AvgIpc) is 2.97. The molecule has 1 aliphatic rings. The van der Waals surface area contributed by atoms with Crippen molar-refractivity contribution in [1.29, 1.82) is 0 Å². The van der Waals surface area contributed by atoms with Crippen LogP contribution in [0.3, 0.4) is 0 Å². The number of hydrogen-bond acceptors (Lipinski definition) is 4. The predicted octanol–water partition coefficient (Wildman–Crippen LogP) is 5.20. The summed E-state index contributed by atoms with van der Waals surface area (Å²) in [5, 5.41) is 8.98. The van der Waals surface area contributed by atoms with Crippen LogP contribution in [-0.2, 0) is 4.79 Å². The first-order valence-electron chi connectivity index (χ1n) is 11.0. The summed E-state index contributed by atoms with van der Waals surface area (Å²) in [6, 6.07) is 26.6. The van der Waals surface area contributed by atoms with Crippen molar-refractivity contribution in [3.63, 3.8) is 0 Å². The molecule has 1 amide bonds. The number of nitrogen functional groups attached to an aromatic ring is 1. The minimum atomic E-state index is -0.943. The van der Waals surface area contributed by atoms with Crippen LogP contribution in [0, 0.1) is 0 Å². The number of nitrogens with two attached hydrogens (primary N) is 1. The number of likely N-dealkylation sites (N-methyl/N-ethyl adjacent to an activating group) is 1. The highest BCUT2D eigenvalue weighted by Crippen LogP contribution is 2.31. The van der Waals surface area contributed by atoms with Crippen LogP contribution in [0.4, 0.5) is 17.1 Å². The molecule has 0 aromatic heterocycles. The third-order valence-electron chi connectivity index (χ3n) is 5.92. The standard InChI is InChI=1S/C27H22ClN5OS/c1-33-23-14-11-17(28)15-20(23)24(16-7-3-2-4-8-16)31-25(26(33)34)32-27(35)30-22-13-12-21(29)18-9-5-6-10-19(18)22/h2-15,25H,29H2,1H3,(H2,30,32,35). The fraction of sp³-hybridized carbons (Fsp3) is 0.0741. The van der Waals surface area contributed by atoms with Gasteiger partial charge in [-0.05, 0) is 42.5 Å². The second-order valence-electron chi connectivity index (χ2n) is 8.15. The van der Waals surface area contributed by atoms with Crippen molar-refractivity contribution in [2.45, 2.75) is 6.17 Å². The number of nitrogens with one attached hydrogen (secondary N) is 2. The number of benzodiazepines with no additional fused rings is 1. The maximum atomic E-state index is 13.4. The van der Waals surface area contributed by atoms with Gasteiger partial charge in [0.05, 0.1) is 11.4 Å². The number of carbonyl (C=O) groups is 1. The van der Waals surface area contributed by atoms with Crippen molar-refractivity contribution < 1.29 is 4.79 Å². The molecule has 35 heavy (non-hydrogen) atoms. The summed E-state index contributed by atoms with van der Waals surface area (Å²) in [5.74, 6) is -0.245. The Morgan fingerprint density at radius 3 is 2.49 bits per heavy atom. The first kappa shape index (κ1) is 22.8. The van der Waals surface area contributed by atoms with Crippen molar-refractivity contribution in [1.82, 2.24) is 5.32 Å². The van der Waals surface area contributed by atoms with Crippen molar-refractivity contribution in [3.05, 3.63) is 101 Å². The van der Waals surface area contributed by atoms with Gasteiger partial charge in [-0.2, -0.15) is 0 Å². The smallest absolute Gasteiger partial charge is 0.272 e. The maximum Gasteiger partial charge on any atom is 0.272 e. The number of thiocarbonyl (C=S) groups is 1. The maximum absolute atomic E-state index is 13.4. The Morgan fingerprint density at radius 1 is 1.00 bits per heavy atom. The number of halogens is 1. The molecule has 4 aromatic carbocycles. The zero-order valence-corrected chi connectivity index (χ0v) is 20.4. The Morgan fingerprint density at radius 2 is 1.71 bits per heavy atom. The van der Waals surface area contributed by atoms with Gasteiger partial charge in [-0.1, -0.05) is 66.2 Å². The predicted molar refractivity (Wildman–Crippen MR) is 148 cm³/mol. The Balaban J connectivity index is 1.51. The van der Waals surface area contributed by atoms with Gasteiger partial charge >= 0.3 is 0 Å². The number of benzene rings is 4. The minimum Gasteiger partial charge on any atom is -0.398 e. The Kier molecular flexibility index (Phi) is 6.11.